The first kappa shape index (κ1) is 20.1. The van der Waals surface area contributed by atoms with Crippen LogP contribution in [0.4, 0.5) is 0 Å². The van der Waals surface area contributed by atoms with Gasteiger partial charge < -0.3 is 15.0 Å². The summed E-state index contributed by atoms with van der Waals surface area (Å²) in [6.07, 6.45) is 8.76. The molecule has 1 aliphatic heterocycles. The Morgan fingerprint density at radius 2 is 1.86 bits per heavy atom. The molecule has 5 atom stereocenters. The second kappa shape index (κ2) is 8.30. The lowest BCUT2D eigenvalue weighted by molar-refractivity contribution is -0.137. The normalized spacial score (nSPS) is 31.6. The van der Waals surface area contributed by atoms with Crippen molar-refractivity contribution in [2.45, 2.75) is 58.1 Å². The summed E-state index contributed by atoms with van der Waals surface area (Å²) >= 11 is 0. The molecule has 2 amide bonds. The van der Waals surface area contributed by atoms with Crippen molar-refractivity contribution in [3.8, 4) is 0 Å². The molecular weight excluding hydrogens is 368 g/mol. The standard InChI is InChI=1S/C22H32N4O3/c1-13-20(14(2)25-24-13)21(27)23-18-9-8-15(10-19(18)29-3)22(28)26-11-16-6-4-5-7-17(16)12-26/h4-5,15-19H,6-12H2,1-3H3,(H,23,27)(H,24,25)/t15-,16-,17+,18-,19-/m0/s1. The maximum atomic E-state index is 13.2. The van der Waals surface area contributed by atoms with Gasteiger partial charge in [0.05, 0.1) is 23.4 Å². The highest BCUT2D eigenvalue weighted by molar-refractivity contribution is 5.96. The highest BCUT2D eigenvalue weighted by Crippen LogP contribution is 2.35. The van der Waals surface area contributed by atoms with E-state index in [2.05, 4.69) is 32.6 Å². The number of aryl methyl sites for hydroxylation is 2. The Kier molecular flexibility index (Phi) is 5.76. The zero-order chi connectivity index (χ0) is 20.5. The van der Waals surface area contributed by atoms with Crippen LogP contribution in [-0.2, 0) is 9.53 Å². The Balaban J connectivity index is 1.36. The average molecular weight is 401 g/mol. The van der Waals surface area contributed by atoms with Crippen LogP contribution in [-0.4, -0.2) is 59.3 Å². The van der Waals surface area contributed by atoms with Crippen LogP contribution in [0.15, 0.2) is 12.2 Å². The van der Waals surface area contributed by atoms with Gasteiger partial charge in [-0.25, -0.2) is 0 Å². The summed E-state index contributed by atoms with van der Waals surface area (Å²) in [6.45, 7) is 5.45. The number of carbonyl (C=O) groups is 2. The van der Waals surface area contributed by atoms with Crippen LogP contribution < -0.4 is 5.32 Å². The molecule has 1 saturated heterocycles. The number of carbonyl (C=O) groups excluding carboxylic acids is 2. The van der Waals surface area contributed by atoms with E-state index in [1.54, 1.807) is 7.11 Å². The van der Waals surface area contributed by atoms with Crippen LogP contribution in [0.3, 0.4) is 0 Å². The Hall–Kier alpha value is -2.15. The van der Waals surface area contributed by atoms with Crippen LogP contribution in [0.2, 0.25) is 0 Å². The number of aromatic amines is 1. The summed E-state index contributed by atoms with van der Waals surface area (Å²) in [6, 6.07) is -0.0874. The average Bonchev–Trinajstić information content (AvgIpc) is 3.30. The van der Waals surface area contributed by atoms with Gasteiger partial charge in [0, 0.05) is 31.8 Å². The van der Waals surface area contributed by atoms with E-state index in [0.29, 0.717) is 29.5 Å². The van der Waals surface area contributed by atoms with Gasteiger partial charge in [-0.3, -0.25) is 14.7 Å². The first-order chi connectivity index (χ1) is 14.0. The molecule has 0 radical (unpaired) electrons. The lowest BCUT2D eigenvalue weighted by Crippen LogP contribution is -2.50. The number of amides is 2. The number of aromatic nitrogens is 2. The molecule has 2 aliphatic carbocycles. The molecule has 29 heavy (non-hydrogen) atoms. The van der Waals surface area contributed by atoms with Crippen LogP contribution in [0.1, 0.15) is 53.8 Å². The molecule has 2 heterocycles. The van der Waals surface area contributed by atoms with E-state index in [4.69, 9.17) is 4.74 Å². The van der Waals surface area contributed by atoms with Crippen LogP contribution in [0.5, 0.6) is 0 Å². The third kappa shape index (κ3) is 3.97. The summed E-state index contributed by atoms with van der Waals surface area (Å²) in [7, 11) is 1.67. The second-order valence-electron chi connectivity index (χ2n) is 8.88. The summed E-state index contributed by atoms with van der Waals surface area (Å²) in [5.41, 5.74) is 2.07. The molecular formula is C22H32N4O3. The van der Waals surface area contributed by atoms with E-state index in [-0.39, 0.29) is 29.9 Å². The molecule has 0 unspecified atom stereocenters. The largest absolute Gasteiger partial charge is 0.379 e. The topological polar surface area (TPSA) is 87.3 Å². The van der Waals surface area contributed by atoms with Gasteiger partial charge in [-0.15, -0.1) is 0 Å². The van der Waals surface area contributed by atoms with Gasteiger partial charge >= 0.3 is 0 Å². The van der Waals surface area contributed by atoms with Gasteiger partial charge in [0.2, 0.25) is 5.91 Å². The summed E-state index contributed by atoms with van der Waals surface area (Å²) in [4.78, 5) is 28.0. The van der Waals surface area contributed by atoms with E-state index >= 15 is 0 Å². The highest BCUT2D eigenvalue weighted by Gasteiger charge is 2.41. The number of H-pyrrole nitrogens is 1. The van der Waals surface area contributed by atoms with Gasteiger partial charge in [-0.05, 0) is 57.8 Å². The van der Waals surface area contributed by atoms with E-state index in [9.17, 15) is 9.59 Å². The fourth-order valence-corrected chi connectivity index (χ4v) is 5.36. The SMILES string of the molecule is CO[C@H]1C[C@@H](C(=O)N2C[C@H]3CC=CC[C@H]3C2)CC[C@@H]1NC(=O)c1c(C)n[nH]c1C. The molecule has 3 aliphatic rings. The molecule has 0 bridgehead atoms. The minimum atomic E-state index is -0.152. The van der Waals surface area contributed by atoms with E-state index < -0.39 is 0 Å². The first-order valence-electron chi connectivity index (χ1n) is 10.8. The third-order valence-corrected chi connectivity index (χ3v) is 7.05. The Morgan fingerprint density at radius 1 is 1.17 bits per heavy atom. The smallest absolute Gasteiger partial charge is 0.255 e. The summed E-state index contributed by atoms with van der Waals surface area (Å²) < 4.78 is 5.70. The zero-order valence-corrected chi connectivity index (χ0v) is 17.6. The number of ether oxygens (including phenoxy) is 1. The van der Waals surface area contributed by atoms with Crippen LogP contribution in [0, 0.1) is 31.6 Å². The van der Waals surface area contributed by atoms with Crippen LogP contribution in [0.25, 0.3) is 0 Å². The molecule has 7 nitrogen and oxygen atoms in total. The summed E-state index contributed by atoms with van der Waals surface area (Å²) in [5.74, 6) is 1.38. The molecule has 1 aromatic rings. The number of hydrogen-bond donors (Lipinski definition) is 2. The van der Waals surface area contributed by atoms with Crippen molar-refractivity contribution in [1.82, 2.24) is 20.4 Å². The maximum Gasteiger partial charge on any atom is 0.255 e. The minimum Gasteiger partial charge on any atom is -0.379 e. The van der Waals surface area contributed by atoms with Crippen molar-refractivity contribution in [3.63, 3.8) is 0 Å². The molecule has 7 heteroatoms. The number of fused-ring (bicyclic) bond motifs is 1. The van der Waals surface area contributed by atoms with Crippen molar-refractivity contribution >= 4 is 11.8 Å². The Labute approximate surface area is 172 Å². The zero-order valence-electron chi connectivity index (χ0n) is 17.6. The molecule has 0 spiro atoms. The molecule has 1 saturated carbocycles. The molecule has 2 N–H and O–H groups in total. The number of nitrogens with one attached hydrogen (secondary N) is 2. The first-order valence-corrected chi connectivity index (χ1v) is 10.8. The van der Waals surface area contributed by atoms with E-state index in [1.165, 1.54) is 0 Å². The predicted octanol–water partition coefficient (Wildman–Crippen LogP) is 2.36. The van der Waals surface area contributed by atoms with Crippen LogP contribution >= 0.6 is 0 Å². The van der Waals surface area contributed by atoms with Gasteiger partial charge in [0.15, 0.2) is 0 Å². The van der Waals surface area contributed by atoms with Crippen molar-refractivity contribution in [2.75, 3.05) is 20.2 Å². The predicted molar refractivity (Wildman–Crippen MR) is 109 cm³/mol. The molecule has 158 valence electrons. The Bertz CT molecular complexity index is 766. The second-order valence-corrected chi connectivity index (χ2v) is 8.88. The van der Waals surface area contributed by atoms with Gasteiger partial charge in [-0.2, -0.15) is 5.10 Å². The van der Waals surface area contributed by atoms with Crippen molar-refractivity contribution < 1.29 is 14.3 Å². The Morgan fingerprint density at radius 3 is 2.45 bits per heavy atom. The highest BCUT2D eigenvalue weighted by atomic mass is 16.5. The lowest BCUT2D eigenvalue weighted by Gasteiger charge is -2.36. The van der Waals surface area contributed by atoms with Crippen molar-refractivity contribution in [3.05, 3.63) is 29.1 Å². The molecule has 0 aromatic carbocycles. The number of rotatable bonds is 4. The molecule has 1 aromatic heterocycles. The molecule has 4 rings (SSSR count). The number of hydrogen-bond acceptors (Lipinski definition) is 4. The lowest BCUT2D eigenvalue weighted by atomic mass is 9.82. The van der Waals surface area contributed by atoms with Gasteiger partial charge in [0.25, 0.3) is 5.91 Å². The fourth-order valence-electron chi connectivity index (χ4n) is 5.36. The molecule has 2 fully saturated rings. The minimum absolute atomic E-state index is 0.0152. The number of allylic oxidation sites excluding steroid dienone is 2. The van der Waals surface area contributed by atoms with Crippen molar-refractivity contribution in [1.29, 1.82) is 0 Å². The van der Waals surface area contributed by atoms with Gasteiger partial charge in [-0.1, -0.05) is 12.2 Å². The van der Waals surface area contributed by atoms with E-state index in [1.807, 2.05) is 13.8 Å². The van der Waals surface area contributed by atoms with Crippen molar-refractivity contribution in [2.24, 2.45) is 17.8 Å². The number of nitrogens with zero attached hydrogens (tertiary/aromatic N) is 2. The fraction of sp³-hybridized carbons (Fsp3) is 0.682. The number of likely N-dealkylation sites (tertiary alicyclic amines) is 1. The third-order valence-electron chi connectivity index (χ3n) is 7.05. The van der Waals surface area contributed by atoms with Gasteiger partial charge in [0.1, 0.15) is 0 Å². The monoisotopic (exact) mass is 400 g/mol. The maximum absolute atomic E-state index is 13.2. The number of methoxy groups -OCH3 is 1. The van der Waals surface area contributed by atoms with E-state index in [0.717, 1.165) is 44.5 Å². The quantitative estimate of drug-likeness (QED) is 0.760. The summed E-state index contributed by atoms with van der Waals surface area (Å²) in [5, 5.41) is 10.1.